The van der Waals surface area contributed by atoms with Gasteiger partial charge in [0.05, 0.1) is 11.0 Å². The van der Waals surface area contributed by atoms with Crippen LogP contribution in [0.3, 0.4) is 0 Å². The number of imidazole rings is 1. The van der Waals surface area contributed by atoms with Gasteiger partial charge in [-0.1, -0.05) is 28.1 Å². The van der Waals surface area contributed by atoms with Crippen LogP contribution in [0.2, 0.25) is 0 Å². The van der Waals surface area contributed by atoms with Gasteiger partial charge < -0.3 is 4.98 Å². The van der Waals surface area contributed by atoms with Crippen LogP contribution in [0.25, 0.3) is 11.0 Å². The summed E-state index contributed by atoms with van der Waals surface area (Å²) in [6.45, 7) is 0. The largest absolute Gasteiger partial charge is 0.324 e. The number of carbonyl (C=O) groups excluding carboxylic acids is 2. The van der Waals surface area contributed by atoms with E-state index in [1.165, 1.54) is 5.38 Å². The van der Waals surface area contributed by atoms with Gasteiger partial charge in [0.2, 0.25) is 11.9 Å². The second-order valence-electron chi connectivity index (χ2n) is 6.06. The molecule has 150 valence electrons. The molecule has 0 aliphatic rings. The van der Waals surface area contributed by atoms with Crippen molar-refractivity contribution in [2.24, 2.45) is 0 Å². The van der Waals surface area contributed by atoms with E-state index in [1.807, 2.05) is 24.3 Å². The van der Waals surface area contributed by atoms with Crippen LogP contribution in [0.1, 0.15) is 20.8 Å². The van der Waals surface area contributed by atoms with Crippen LogP contribution >= 0.6 is 27.3 Å². The van der Waals surface area contributed by atoms with Crippen molar-refractivity contribution in [3.8, 4) is 0 Å². The zero-order valence-corrected chi connectivity index (χ0v) is 17.6. The van der Waals surface area contributed by atoms with E-state index in [0.717, 1.165) is 26.8 Å². The molecule has 0 saturated carbocycles. The minimum atomic E-state index is -0.580. The lowest BCUT2D eigenvalue weighted by molar-refractivity contribution is 0.0970. The van der Waals surface area contributed by atoms with Crippen molar-refractivity contribution < 1.29 is 9.59 Å². The number of aromatic amines is 1. The van der Waals surface area contributed by atoms with Gasteiger partial charge in [0.1, 0.15) is 5.69 Å². The van der Waals surface area contributed by atoms with Crippen molar-refractivity contribution in [2.75, 3.05) is 10.6 Å². The van der Waals surface area contributed by atoms with Gasteiger partial charge >= 0.3 is 0 Å². The summed E-state index contributed by atoms with van der Waals surface area (Å²) in [6.07, 6.45) is 0. The number of thiazole rings is 1. The number of H-pyrrole nitrogens is 1. The number of halogens is 1. The van der Waals surface area contributed by atoms with Crippen LogP contribution in [-0.4, -0.2) is 32.7 Å². The van der Waals surface area contributed by atoms with E-state index in [2.05, 4.69) is 46.8 Å². The SMILES string of the molecule is N=C(NC(=O)c1csc(NC(=O)c2ccc(Br)cc2)n1)Nc1nc2ccccc2[nH]1. The Bertz CT molecular complexity index is 1220. The molecule has 4 aromatic rings. The molecule has 4 rings (SSSR count). The molecule has 0 aliphatic heterocycles. The molecule has 0 unspecified atom stereocenters. The molecule has 2 heterocycles. The molecular formula is C19H14BrN7O2S. The number of hydrogen-bond acceptors (Lipinski definition) is 6. The van der Waals surface area contributed by atoms with E-state index in [9.17, 15) is 9.59 Å². The first-order valence-electron chi connectivity index (χ1n) is 8.62. The number of hydrogen-bond donors (Lipinski definition) is 5. The third-order valence-corrected chi connectivity index (χ3v) is 5.22. The monoisotopic (exact) mass is 483 g/mol. The predicted octanol–water partition coefficient (Wildman–Crippen LogP) is 3.81. The maximum atomic E-state index is 12.3. The van der Waals surface area contributed by atoms with Gasteiger partial charge in [-0.2, -0.15) is 0 Å². The summed E-state index contributed by atoms with van der Waals surface area (Å²) in [4.78, 5) is 36.0. The number of aromatic nitrogens is 3. The lowest BCUT2D eigenvalue weighted by Gasteiger charge is -2.05. The number of amides is 2. The van der Waals surface area contributed by atoms with E-state index in [1.54, 1.807) is 24.3 Å². The van der Waals surface area contributed by atoms with Crippen molar-refractivity contribution >= 4 is 67.2 Å². The molecule has 0 bridgehead atoms. The Morgan fingerprint density at radius 2 is 1.77 bits per heavy atom. The summed E-state index contributed by atoms with van der Waals surface area (Å²) in [6, 6.07) is 14.3. The molecule has 0 aliphatic carbocycles. The third kappa shape index (κ3) is 4.53. The first kappa shape index (κ1) is 19.7. The summed E-state index contributed by atoms with van der Waals surface area (Å²) in [7, 11) is 0. The first-order valence-corrected chi connectivity index (χ1v) is 10.3. The average molecular weight is 484 g/mol. The summed E-state index contributed by atoms with van der Waals surface area (Å²) in [5.74, 6) is -0.832. The van der Waals surface area contributed by atoms with Gasteiger partial charge in [-0.15, -0.1) is 11.3 Å². The second kappa shape index (κ2) is 8.43. The van der Waals surface area contributed by atoms with Crippen LogP contribution < -0.4 is 16.0 Å². The highest BCUT2D eigenvalue weighted by molar-refractivity contribution is 9.10. The van der Waals surface area contributed by atoms with Gasteiger partial charge in [0.25, 0.3) is 11.8 Å². The molecule has 0 radical (unpaired) electrons. The topological polar surface area (TPSA) is 136 Å². The van der Waals surface area contributed by atoms with Gasteiger partial charge in [0.15, 0.2) is 5.13 Å². The molecule has 0 saturated heterocycles. The number of para-hydroxylation sites is 2. The average Bonchev–Trinajstić information content (AvgIpc) is 3.34. The summed E-state index contributed by atoms with van der Waals surface area (Å²) < 4.78 is 0.867. The van der Waals surface area contributed by atoms with Crippen LogP contribution in [-0.2, 0) is 0 Å². The summed E-state index contributed by atoms with van der Waals surface area (Å²) in [5, 5.41) is 17.4. The number of carbonyl (C=O) groups is 2. The van der Waals surface area contributed by atoms with Crippen molar-refractivity contribution in [2.45, 2.75) is 0 Å². The van der Waals surface area contributed by atoms with Crippen molar-refractivity contribution in [1.29, 1.82) is 5.41 Å². The van der Waals surface area contributed by atoms with Crippen LogP contribution in [0.5, 0.6) is 0 Å². The van der Waals surface area contributed by atoms with E-state index >= 15 is 0 Å². The van der Waals surface area contributed by atoms with Crippen LogP contribution in [0.15, 0.2) is 58.4 Å². The number of nitrogens with one attached hydrogen (secondary N) is 5. The van der Waals surface area contributed by atoms with Crippen LogP contribution in [0.4, 0.5) is 11.1 Å². The summed E-state index contributed by atoms with van der Waals surface area (Å²) >= 11 is 4.43. The molecule has 9 nitrogen and oxygen atoms in total. The maximum Gasteiger partial charge on any atom is 0.277 e. The maximum absolute atomic E-state index is 12.3. The zero-order valence-electron chi connectivity index (χ0n) is 15.2. The molecule has 0 fully saturated rings. The molecule has 2 aromatic carbocycles. The third-order valence-electron chi connectivity index (χ3n) is 3.94. The number of anilines is 2. The lowest BCUT2D eigenvalue weighted by atomic mass is 10.2. The predicted molar refractivity (Wildman–Crippen MR) is 119 cm³/mol. The van der Waals surface area contributed by atoms with Gasteiger partial charge in [0, 0.05) is 15.4 Å². The second-order valence-corrected chi connectivity index (χ2v) is 7.83. The minimum Gasteiger partial charge on any atom is -0.324 e. The lowest BCUT2D eigenvalue weighted by Crippen LogP contribution is -2.35. The normalized spacial score (nSPS) is 10.6. The number of guanidine groups is 1. The van der Waals surface area contributed by atoms with E-state index in [-0.39, 0.29) is 22.7 Å². The van der Waals surface area contributed by atoms with Crippen molar-refractivity contribution in [3.63, 3.8) is 0 Å². The Labute approximate surface area is 182 Å². The molecule has 2 amide bonds. The standard InChI is InChI=1S/C19H14BrN7O2S/c20-11-7-5-10(6-8-11)15(28)26-19-24-14(9-30-19)16(29)25-17(21)27-18-22-12-3-1-2-4-13(12)23-18/h1-9H,(H,24,26,28)(H4,21,22,23,25,27,29). The molecule has 2 aromatic heterocycles. The van der Waals surface area contributed by atoms with Gasteiger partial charge in [-0.25, -0.2) is 9.97 Å². The molecule has 0 spiro atoms. The fourth-order valence-electron chi connectivity index (χ4n) is 2.55. The first-order chi connectivity index (χ1) is 14.5. The Morgan fingerprint density at radius 1 is 1.00 bits per heavy atom. The quantitative estimate of drug-likeness (QED) is 0.222. The van der Waals surface area contributed by atoms with E-state index < -0.39 is 5.91 Å². The highest BCUT2D eigenvalue weighted by Crippen LogP contribution is 2.18. The van der Waals surface area contributed by atoms with E-state index in [0.29, 0.717) is 11.5 Å². The van der Waals surface area contributed by atoms with Crippen LogP contribution in [0, 0.1) is 5.41 Å². The summed E-state index contributed by atoms with van der Waals surface area (Å²) in [5.41, 5.74) is 2.10. The molecule has 5 N–H and O–H groups in total. The number of nitrogens with zero attached hydrogens (tertiary/aromatic N) is 2. The molecular weight excluding hydrogens is 470 g/mol. The Morgan fingerprint density at radius 3 is 2.53 bits per heavy atom. The van der Waals surface area contributed by atoms with Gasteiger partial charge in [-0.3, -0.25) is 30.9 Å². The Balaban J connectivity index is 1.35. The molecule has 11 heteroatoms. The fourth-order valence-corrected chi connectivity index (χ4v) is 3.50. The zero-order chi connectivity index (χ0) is 21.1. The highest BCUT2D eigenvalue weighted by atomic mass is 79.9. The smallest absolute Gasteiger partial charge is 0.277 e. The minimum absolute atomic E-state index is 0.0854. The Kier molecular flexibility index (Phi) is 5.55. The fraction of sp³-hybridized carbons (Fsp3) is 0. The molecule has 30 heavy (non-hydrogen) atoms. The van der Waals surface area contributed by atoms with Crippen molar-refractivity contribution in [3.05, 3.63) is 69.6 Å². The number of rotatable bonds is 4. The Hall–Kier alpha value is -3.57. The number of benzene rings is 2. The number of fused-ring (bicyclic) bond motifs is 1. The molecule has 0 atom stereocenters. The van der Waals surface area contributed by atoms with Crippen molar-refractivity contribution in [1.82, 2.24) is 20.3 Å². The van der Waals surface area contributed by atoms with E-state index in [4.69, 9.17) is 5.41 Å². The van der Waals surface area contributed by atoms with Gasteiger partial charge in [-0.05, 0) is 36.4 Å². The highest BCUT2D eigenvalue weighted by Gasteiger charge is 2.15.